The standard InChI is InChI=1S/C18H17F3N4O4/c1-2-3-6-25-15(27)5-4-11(24-25)17(28)23-13-8-10(18(19,20)21)7-12-16(13)29-9-14(26)22-12/h4-5,7-8H,2-3,6,9H2,1H3,(H,22,26)(H,23,28). The fourth-order valence-electron chi connectivity index (χ4n) is 2.68. The number of unbranched alkanes of at least 4 members (excludes halogenated alkanes) is 1. The van der Waals surface area contributed by atoms with Crippen LogP contribution in [0.5, 0.6) is 5.75 Å². The van der Waals surface area contributed by atoms with Crippen molar-refractivity contribution in [1.29, 1.82) is 0 Å². The van der Waals surface area contributed by atoms with Crippen molar-refractivity contribution < 1.29 is 27.5 Å². The van der Waals surface area contributed by atoms with Gasteiger partial charge in [0.25, 0.3) is 17.4 Å². The largest absolute Gasteiger partial charge is 0.479 e. The van der Waals surface area contributed by atoms with E-state index >= 15 is 0 Å². The van der Waals surface area contributed by atoms with E-state index in [4.69, 9.17) is 4.74 Å². The first-order valence-corrected chi connectivity index (χ1v) is 8.76. The van der Waals surface area contributed by atoms with Crippen molar-refractivity contribution in [2.45, 2.75) is 32.5 Å². The number of nitrogens with one attached hydrogen (secondary N) is 2. The van der Waals surface area contributed by atoms with Crippen LogP contribution in [0, 0.1) is 0 Å². The minimum absolute atomic E-state index is 0.0924. The Labute approximate surface area is 162 Å². The van der Waals surface area contributed by atoms with Crippen LogP contribution in [-0.4, -0.2) is 28.2 Å². The van der Waals surface area contributed by atoms with Gasteiger partial charge in [0.05, 0.1) is 16.9 Å². The minimum atomic E-state index is -4.71. The molecule has 2 heterocycles. The second kappa shape index (κ2) is 7.94. The molecule has 11 heteroatoms. The topological polar surface area (TPSA) is 102 Å². The summed E-state index contributed by atoms with van der Waals surface area (Å²) in [5.74, 6) is -1.53. The maximum atomic E-state index is 13.2. The van der Waals surface area contributed by atoms with E-state index in [0.717, 1.165) is 23.2 Å². The molecule has 8 nitrogen and oxygen atoms in total. The number of ether oxygens (including phenoxy) is 1. The number of amides is 2. The van der Waals surface area contributed by atoms with Gasteiger partial charge in [-0.3, -0.25) is 14.4 Å². The number of aromatic nitrogens is 2. The number of anilines is 2. The first kappa shape index (κ1) is 20.4. The molecule has 0 unspecified atom stereocenters. The van der Waals surface area contributed by atoms with E-state index in [9.17, 15) is 27.6 Å². The van der Waals surface area contributed by atoms with Crippen LogP contribution in [-0.2, 0) is 17.5 Å². The van der Waals surface area contributed by atoms with Crippen LogP contribution in [0.1, 0.15) is 35.8 Å². The monoisotopic (exact) mass is 410 g/mol. The molecule has 0 bridgehead atoms. The molecule has 29 heavy (non-hydrogen) atoms. The number of fused-ring (bicyclic) bond motifs is 1. The molecular weight excluding hydrogens is 393 g/mol. The van der Waals surface area contributed by atoms with Gasteiger partial charge in [-0.1, -0.05) is 13.3 Å². The van der Waals surface area contributed by atoms with Gasteiger partial charge in [-0.25, -0.2) is 4.68 Å². The third kappa shape index (κ3) is 4.55. The highest BCUT2D eigenvalue weighted by Crippen LogP contribution is 2.42. The number of alkyl halides is 3. The predicted molar refractivity (Wildman–Crippen MR) is 96.9 cm³/mol. The zero-order chi connectivity index (χ0) is 21.2. The molecule has 3 rings (SSSR count). The minimum Gasteiger partial charge on any atom is -0.479 e. The molecule has 0 aliphatic carbocycles. The second-order valence-corrected chi connectivity index (χ2v) is 6.32. The zero-order valence-corrected chi connectivity index (χ0v) is 15.3. The van der Waals surface area contributed by atoms with Crippen LogP contribution < -0.4 is 20.9 Å². The number of nitrogens with zero attached hydrogens (tertiary/aromatic N) is 2. The van der Waals surface area contributed by atoms with E-state index in [2.05, 4.69) is 15.7 Å². The summed E-state index contributed by atoms with van der Waals surface area (Å²) >= 11 is 0. The van der Waals surface area contributed by atoms with Crippen LogP contribution >= 0.6 is 0 Å². The summed E-state index contributed by atoms with van der Waals surface area (Å²) in [5, 5.41) is 8.57. The second-order valence-electron chi connectivity index (χ2n) is 6.32. The van der Waals surface area contributed by atoms with Crippen molar-refractivity contribution in [3.63, 3.8) is 0 Å². The first-order valence-electron chi connectivity index (χ1n) is 8.76. The van der Waals surface area contributed by atoms with Gasteiger partial charge in [0.15, 0.2) is 12.4 Å². The molecule has 2 aromatic rings. The molecule has 1 aromatic heterocycles. The summed E-state index contributed by atoms with van der Waals surface area (Å²) in [6, 6.07) is 3.78. The van der Waals surface area contributed by atoms with Gasteiger partial charge in [-0.05, 0) is 24.6 Å². The Kier molecular flexibility index (Phi) is 5.57. The Morgan fingerprint density at radius 2 is 2.07 bits per heavy atom. The highest BCUT2D eigenvalue weighted by atomic mass is 19.4. The molecule has 0 spiro atoms. The summed E-state index contributed by atoms with van der Waals surface area (Å²) in [6.45, 7) is 1.84. The maximum Gasteiger partial charge on any atom is 0.416 e. The summed E-state index contributed by atoms with van der Waals surface area (Å²) in [5.41, 5.74) is -2.08. The van der Waals surface area contributed by atoms with Gasteiger partial charge in [0, 0.05) is 12.6 Å². The lowest BCUT2D eigenvalue weighted by Gasteiger charge is -2.22. The van der Waals surface area contributed by atoms with Crippen molar-refractivity contribution in [2.75, 3.05) is 17.2 Å². The summed E-state index contributed by atoms with van der Waals surface area (Å²) < 4.78 is 45.9. The van der Waals surface area contributed by atoms with Crippen molar-refractivity contribution in [3.05, 3.63) is 45.9 Å². The van der Waals surface area contributed by atoms with E-state index < -0.39 is 35.7 Å². The van der Waals surface area contributed by atoms with Gasteiger partial charge in [0.1, 0.15) is 5.69 Å². The molecule has 0 saturated carbocycles. The molecule has 1 aliphatic rings. The van der Waals surface area contributed by atoms with E-state index in [1.165, 1.54) is 6.07 Å². The Morgan fingerprint density at radius 1 is 1.31 bits per heavy atom. The van der Waals surface area contributed by atoms with Crippen LogP contribution in [0.4, 0.5) is 24.5 Å². The highest BCUT2D eigenvalue weighted by molar-refractivity contribution is 6.05. The van der Waals surface area contributed by atoms with Crippen molar-refractivity contribution in [3.8, 4) is 5.75 Å². The van der Waals surface area contributed by atoms with Crippen molar-refractivity contribution in [1.82, 2.24) is 9.78 Å². The summed E-state index contributed by atoms with van der Waals surface area (Å²) in [6.07, 6.45) is -3.22. The number of halogens is 3. The molecule has 0 radical (unpaired) electrons. The lowest BCUT2D eigenvalue weighted by atomic mass is 10.1. The van der Waals surface area contributed by atoms with Gasteiger partial charge in [0.2, 0.25) is 0 Å². The summed E-state index contributed by atoms with van der Waals surface area (Å²) in [7, 11) is 0. The van der Waals surface area contributed by atoms with E-state index in [1.54, 1.807) is 0 Å². The average Bonchev–Trinajstić information content (AvgIpc) is 2.66. The quantitative estimate of drug-likeness (QED) is 0.789. The number of benzene rings is 1. The maximum absolute atomic E-state index is 13.2. The Bertz CT molecular complexity index is 1020. The Hall–Kier alpha value is -3.37. The Morgan fingerprint density at radius 3 is 2.76 bits per heavy atom. The third-order valence-electron chi connectivity index (χ3n) is 4.11. The molecule has 2 amide bonds. The van der Waals surface area contributed by atoms with Crippen LogP contribution in [0.2, 0.25) is 0 Å². The van der Waals surface area contributed by atoms with Crippen LogP contribution in [0.25, 0.3) is 0 Å². The van der Waals surface area contributed by atoms with Gasteiger partial charge in [-0.15, -0.1) is 0 Å². The van der Waals surface area contributed by atoms with Crippen molar-refractivity contribution >= 4 is 23.2 Å². The molecular formula is C18H17F3N4O4. The van der Waals surface area contributed by atoms with E-state index in [1.807, 2.05) is 6.92 Å². The number of carbonyl (C=O) groups is 2. The number of hydrogen-bond donors (Lipinski definition) is 2. The van der Waals surface area contributed by atoms with Gasteiger partial charge >= 0.3 is 6.18 Å². The molecule has 0 saturated heterocycles. The number of rotatable bonds is 5. The van der Waals surface area contributed by atoms with E-state index in [0.29, 0.717) is 19.0 Å². The normalized spacial score (nSPS) is 13.3. The van der Waals surface area contributed by atoms with Crippen LogP contribution in [0.3, 0.4) is 0 Å². The molecule has 0 atom stereocenters. The first-order chi connectivity index (χ1) is 13.7. The smallest absolute Gasteiger partial charge is 0.416 e. The van der Waals surface area contributed by atoms with E-state index in [-0.39, 0.29) is 22.8 Å². The van der Waals surface area contributed by atoms with Gasteiger partial charge < -0.3 is 15.4 Å². The molecule has 1 aromatic carbocycles. The number of carbonyl (C=O) groups excluding carboxylic acids is 2. The molecule has 2 N–H and O–H groups in total. The Balaban J connectivity index is 1.95. The molecule has 154 valence electrons. The average molecular weight is 410 g/mol. The third-order valence-corrected chi connectivity index (χ3v) is 4.11. The molecule has 0 fully saturated rings. The summed E-state index contributed by atoms with van der Waals surface area (Å²) in [4.78, 5) is 35.8. The molecule has 1 aliphatic heterocycles. The highest BCUT2D eigenvalue weighted by Gasteiger charge is 2.34. The number of aryl methyl sites for hydroxylation is 1. The fraction of sp³-hybridized carbons (Fsp3) is 0.333. The lowest BCUT2D eigenvalue weighted by Crippen LogP contribution is -2.28. The number of hydrogen-bond acceptors (Lipinski definition) is 5. The van der Waals surface area contributed by atoms with Gasteiger partial charge in [-0.2, -0.15) is 18.3 Å². The SMILES string of the molecule is CCCCn1nc(C(=O)Nc2cc(C(F)(F)F)cc3c2OCC(=O)N3)ccc1=O. The van der Waals surface area contributed by atoms with Crippen molar-refractivity contribution in [2.24, 2.45) is 0 Å². The predicted octanol–water partition coefficient (Wildman–Crippen LogP) is 2.65. The fourth-order valence-corrected chi connectivity index (χ4v) is 2.68. The lowest BCUT2D eigenvalue weighted by molar-refractivity contribution is -0.137. The zero-order valence-electron chi connectivity index (χ0n) is 15.3. The van der Waals surface area contributed by atoms with Crippen LogP contribution in [0.15, 0.2) is 29.1 Å².